The number of rotatable bonds is 5. The van der Waals surface area contributed by atoms with Gasteiger partial charge in [-0.2, -0.15) is 21.6 Å². The van der Waals surface area contributed by atoms with Gasteiger partial charge in [0.15, 0.2) is 0 Å². The van der Waals surface area contributed by atoms with E-state index >= 15 is 0 Å². The van der Waals surface area contributed by atoms with Gasteiger partial charge in [-0.1, -0.05) is 24.8 Å². The first-order valence-corrected chi connectivity index (χ1v) is 9.35. The second kappa shape index (κ2) is 6.86. The van der Waals surface area contributed by atoms with Crippen LogP contribution < -0.4 is 0 Å². The molecule has 3 rings (SSSR count). The average molecular weight is 412 g/mol. The minimum Gasteiger partial charge on any atom is -0.466 e. The number of ether oxygens (including phenoxy) is 1. The third-order valence-electron chi connectivity index (χ3n) is 4.26. The van der Waals surface area contributed by atoms with Crippen LogP contribution in [0, 0.1) is 0 Å². The van der Waals surface area contributed by atoms with Gasteiger partial charge in [0.05, 0.1) is 24.2 Å². The second-order valence-corrected chi connectivity index (χ2v) is 7.70. The largest absolute Gasteiger partial charge is 0.517 e. The Morgan fingerprint density at radius 1 is 1.14 bits per heavy atom. The van der Waals surface area contributed by atoms with Crippen molar-refractivity contribution in [1.82, 2.24) is 8.54 Å². The maximum Gasteiger partial charge on any atom is 0.517 e. The van der Waals surface area contributed by atoms with E-state index < -0.39 is 27.5 Å². The highest BCUT2D eigenvalue weighted by Gasteiger charge is 2.48. The van der Waals surface area contributed by atoms with Gasteiger partial charge in [0, 0.05) is 29.5 Å². The molecule has 0 N–H and O–H groups in total. The van der Waals surface area contributed by atoms with E-state index in [1.807, 2.05) is 0 Å². The van der Waals surface area contributed by atoms with Crippen molar-refractivity contribution in [2.75, 3.05) is 7.11 Å². The second-order valence-electron chi connectivity index (χ2n) is 5.90. The highest BCUT2D eigenvalue weighted by molar-refractivity contribution is 7.90. The number of hydrogen-bond acceptors (Lipinski definition) is 4. The fourth-order valence-corrected chi connectivity index (χ4v) is 3.89. The van der Waals surface area contributed by atoms with E-state index in [1.54, 1.807) is 30.6 Å². The molecule has 28 heavy (non-hydrogen) atoms. The molecule has 0 aliphatic rings. The molecule has 0 aliphatic carbocycles. The van der Waals surface area contributed by atoms with Gasteiger partial charge in [-0.25, -0.2) is 8.77 Å². The zero-order valence-electron chi connectivity index (χ0n) is 14.6. The van der Waals surface area contributed by atoms with Gasteiger partial charge in [-0.05, 0) is 18.2 Å². The van der Waals surface area contributed by atoms with Crippen molar-refractivity contribution in [3.8, 4) is 0 Å². The van der Waals surface area contributed by atoms with E-state index in [-0.39, 0.29) is 26.0 Å². The minimum absolute atomic E-state index is 0.0639. The summed E-state index contributed by atoms with van der Waals surface area (Å²) in [6, 6.07) is 8.08. The predicted molar refractivity (Wildman–Crippen MR) is 96.0 cm³/mol. The van der Waals surface area contributed by atoms with Crippen LogP contribution in [-0.2, 0) is 19.6 Å². The number of carbonyl (C=O) groups is 1. The number of aromatic nitrogens is 2. The lowest BCUT2D eigenvalue weighted by Gasteiger charge is -2.20. The molecule has 0 saturated heterocycles. The molecule has 3 aromatic rings. The molecule has 10 heteroatoms. The Hall–Kier alpha value is -3.01. The van der Waals surface area contributed by atoms with Crippen LogP contribution >= 0.6 is 0 Å². The molecule has 1 unspecified atom stereocenters. The van der Waals surface area contributed by atoms with Crippen LogP contribution in [0.1, 0.15) is 11.6 Å². The Kier molecular flexibility index (Phi) is 4.84. The van der Waals surface area contributed by atoms with Crippen LogP contribution in [0.15, 0.2) is 67.1 Å². The molecule has 0 amide bonds. The highest BCUT2D eigenvalue weighted by atomic mass is 32.2. The highest BCUT2D eigenvalue weighted by Crippen LogP contribution is 2.37. The van der Waals surface area contributed by atoms with Crippen LogP contribution in [0.2, 0.25) is 0 Å². The van der Waals surface area contributed by atoms with Crippen molar-refractivity contribution in [3.05, 3.63) is 72.7 Å². The molecule has 2 heterocycles. The van der Waals surface area contributed by atoms with E-state index in [1.165, 1.54) is 22.8 Å². The Bertz CT molecular complexity index is 1150. The number of alkyl halides is 3. The maximum absolute atomic E-state index is 13.2. The summed E-state index contributed by atoms with van der Waals surface area (Å²) in [4.78, 5) is 12.1. The molecule has 0 bridgehead atoms. The molecular weight excluding hydrogens is 397 g/mol. The first-order chi connectivity index (χ1) is 13.1. The molecule has 0 saturated carbocycles. The molecule has 6 nitrogen and oxygen atoms in total. The van der Waals surface area contributed by atoms with Crippen LogP contribution in [0.3, 0.4) is 0 Å². The fraction of sp³-hybridized carbons (Fsp3) is 0.167. The summed E-state index contributed by atoms with van der Waals surface area (Å²) < 4.78 is 70.0. The van der Waals surface area contributed by atoms with Gasteiger partial charge in [-0.3, -0.25) is 0 Å². The third-order valence-corrected chi connectivity index (χ3v) is 5.66. The van der Waals surface area contributed by atoms with Crippen molar-refractivity contribution in [1.29, 1.82) is 0 Å². The number of halogens is 3. The Morgan fingerprint density at radius 3 is 2.32 bits per heavy atom. The van der Waals surface area contributed by atoms with Gasteiger partial charge >= 0.3 is 21.5 Å². The summed E-state index contributed by atoms with van der Waals surface area (Å²) in [6.07, 6.45) is 4.04. The standard InChI is InChI=1S/C18H15F3N2O4S/c1-12(17(24)27-2)16(22-9-5-6-10-22)14-11-23(28(25,26)18(19,20)21)15-8-4-3-7-13(14)15/h3-11,16H,1H2,2H3. The number of methoxy groups -OCH3 is 1. The first kappa shape index (κ1) is 19.7. The van der Waals surface area contributed by atoms with E-state index in [0.29, 0.717) is 0 Å². The molecule has 0 spiro atoms. The molecule has 0 radical (unpaired) electrons. The smallest absolute Gasteiger partial charge is 0.466 e. The third kappa shape index (κ3) is 3.09. The lowest BCUT2D eigenvalue weighted by atomic mass is 9.99. The number of fused-ring (bicyclic) bond motifs is 1. The Balaban J connectivity index is 2.33. The number of nitrogens with zero attached hydrogens (tertiary/aromatic N) is 2. The Morgan fingerprint density at radius 2 is 1.75 bits per heavy atom. The van der Waals surface area contributed by atoms with Crippen molar-refractivity contribution < 1.29 is 31.1 Å². The number of hydrogen-bond donors (Lipinski definition) is 0. The summed E-state index contributed by atoms with van der Waals surface area (Å²) in [6.45, 7) is 3.71. The molecule has 148 valence electrons. The Labute approximate surface area is 158 Å². The summed E-state index contributed by atoms with van der Waals surface area (Å²) >= 11 is 0. The predicted octanol–water partition coefficient (Wildman–Crippen LogP) is 3.46. The van der Waals surface area contributed by atoms with Gasteiger partial charge in [-0.15, -0.1) is 0 Å². The molecular formula is C18H15F3N2O4S. The van der Waals surface area contributed by atoms with E-state index in [4.69, 9.17) is 4.74 Å². The molecule has 0 aliphatic heterocycles. The van der Waals surface area contributed by atoms with Crippen LogP contribution in [0.5, 0.6) is 0 Å². The SMILES string of the molecule is C=C(C(=O)OC)C(c1cn(S(=O)(=O)C(F)(F)F)c2ccccc12)n1cccc1. The normalized spacial score (nSPS) is 13.4. The zero-order chi connectivity index (χ0) is 20.7. The van der Waals surface area contributed by atoms with Gasteiger partial charge in [0.1, 0.15) is 0 Å². The van der Waals surface area contributed by atoms with Crippen LogP contribution in [-0.4, -0.2) is 35.5 Å². The number of benzene rings is 1. The minimum atomic E-state index is -5.67. The topological polar surface area (TPSA) is 70.3 Å². The quantitative estimate of drug-likeness (QED) is 0.475. The average Bonchev–Trinajstić information content (AvgIpc) is 3.29. The van der Waals surface area contributed by atoms with Gasteiger partial charge in [0.2, 0.25) is 0 Å². The van der Waals surface area contributed by atoms with Crippen molar-refractivity contribution in [2.45, 2.75) is 11.6 Å². The molecule has 1 aromatic carbocycles. The summed E-state index contributed by atoms with van der Waals surface area (Å²) in [7, 11) is -4.52. The maximum atomic E-state index is 13.2. The molecule has 2 aromatic heterocycles. The zero-order valence-corrected chi connectivity index (χ0v) is 15.4. The first-order valence-electron chi connectivity index (χ1n) is 7.91. The number of carbonyl (C=O) groups excluding carboxylic acids is 1. The monoisotopic (exact) mass is 412 g/mol. The van der Waals surface area contributed by atoms with E-state index in [0.717, 1.165) is 13.3 Å². The molecule has 1 atom stereocenters. The van der Waals surface area contributed by atoms with Crippen molar-refractivity contribution in [3.63, 3.8) is 0 Å². The number of para-hydroxylation sites is 1. The van der Waals surface area contributed by atoms with Crippen LogP contribution in [0.25, 0.3) is 10.9 Å². The van der Waals surface area contributed by atoms with Gasteiger partial charge in [0.25, 0.3) is 0 Å². The lowest BCUT2D eigenvalue weighted by Crippen LogP contribution is -2.29. The van der Waals surface area contributed by atoms with Gasteiger partial charge < -0.3 is 9.30 Å². The lowest BCUT2D eigenvalue weighted by molar-refractivity contribution is -0.136. The summed E-state index contributed by atoms with van der Waals surface area (Å²) in [5, 5.41) is 0.235. The van der Waals surface area contributed by atoms with E-state index in [2.05, 4.69) is 6.58 Å². The summed E-state index contributed by atoms with van der Waals surface area (Å²) in [5.74, 6) is -0.769. The van der Waals surface area contributed by atoms with Crippen molar-refractivity contribution in [2.24, 2.45) is 0 Å². The van der Waals surface area contributed by atoms with E-state index in [9.17, 15) is 26.4 Å². The summed E-state index contributed by atoms with van der Waals surface area (Å²) in [5.41, 5.74) is -5.56. The fourth-order valence-electron chi connectivity index (χ4n) is 2.99. The number of esters is 1. The van der Waals surface area contributed by atoms with Crippen LogP contribution in [0.4, 0.5) is 13.2 Å². The molecule has 0 fully saturated rings. The van der Waals surface area contributed by atoms with Crippen molar-refractivity contribution >= 4 is 26.9 Å².